The third kappa shape index (κ3) is 43.9. The lowest BCUT2D eigenvalue weighted by Crippen LogP contribution is -2.58. The van der Waals surface area contributed by atoms with Crippen molar-refractivity contribution in [3.8, 4) is 11.5 Å². The van der Waals surface area contributed by atoms with E-state index in [0.717, 1.165) is 0 Å². The second-order valence-electron chi connectivity index (χ2n) is 34.4. The van der Waals surface area contributed by atoms with Crippen LogP contribution in [0.5, 0.6) is 11.5 Å². The van der Waals surface area contributed by atoms with Crippen LogP contribution in [0.1, 0.15) is 221 Å². The van der Waals surface area contributed by atoms with Gasteiger partial charge in [0.1, 0.15) is 47.2 Å². The lowest BCUT2D eigenvalue weighted by Gasteiger charge is -2.29. The number of rotatable bonds is 39. The predicted molar refractivity (Wildman–Crippen MR) is 472 cm³/mol. The minimum absolute atomic E-state index is 0.102. The van der Waals surface area contributed by atoms with Crippen molar-refractivity contribution < 1.29 is 125 Å². The number of aromatic hydroxyl groups is 2. The van der Waals surface area contributed by atoms with Gasteiger partial charge in [0.2, 0.25) is 100 Å². The number of carbonyl (C=O) groups is 24. The Labute approximate surface area is 764 Å². The molecule has 1 aliphatic heterocycles. The maximum atomic E-state index is 14.8. The van der Waals surface area contributed by atoms with E-state index in [-0.39, 0.29) is 74.7 Å². The fourth-order valence-corrected chi connectivity index (χ4v) is 14.4. The topological polar surface area (TPSA) is 739 Å². The van der Waals surface area contributed by atoms with Crippen LogP contribution in [0, 0.1) is 47.3 Å². The van der Waals surface area contributed by atoms with Crippen LogP contribution in [0.15, 0.2) is 48.5 Å². The zero-order valence-corrected chi connectivity index (χ0v) is 76.0. The average Bonchev–Trinajstić information content (AvgIpc) is 0.900. The molecule has 14 atom stereocenters. The van der Waals surface area contributed by atoms with Gasteiger partial charge in [0.25, 0.3) is 0 Å². The highest BCUT2D eigenvalue weighted by Gasteiger charge is 2.40. The van der Waals surface area contributed by atoms with Crippen molar-refractivity contribution in [1.82, 2.24) is 58.5 Å². The molecule has 0 unspecified atom stereocenters. The van der Waals surface area contributed by atoms with Crippen molar-refractivity contribution in [3.63, 3.8) is 0 Å². The molecular weight excluding hydrogens is 1720 g/mol. The van der Waals surface area contributed by atoms with Gasteiger partial charge in [-0.3, -0.25) is 115 Å². The Morgan fingerprint density at radius 2 is 0.947 bits per heavy atom. The highest BCUT2D eigenvalue weighted by atomic mass is 16.3. The van der Waals surface area contributed by atoms with Crippen LogP contribution in [0.25, 0.3) is 0 Å². The molecule has 728 valence electrons. The van der Waals surface area contributed by atoms with Gasteiger partial charge in [-0.05, 0) is 104 Å². The second-order valence-corrected chi connectivity index (χ2v) is 34.4. The van der Waals surface area contributed by atoms with E-state index in [2.05, 4.69) is 58.5 Å². The first kappa shape index (κ1) is 113. The summed E-state index contributed by atoms with van der Waals surface area (Å²) >= 11 is 0. The molecule has 0 aliphatic carbocycles. The average molecular weight is 1860 g/mol. The van der Waals surface area contributed by atoms with E-state index >= 15 is 0 Å². The van der Waals surface area contributed by atoms with Crippen LogP contribution >= 0.6 is 0 Å². The standard InChI is InChI=1S/C89H131N17O26/c1-9-48(7)80-89(132)103-63(25-29-72(91)117)86(129)104-65(42-75(94)120)70(115)39-52(82(125)97-43-60(111)38-53(33-46(3)4)83(126)98-44-76(95)121)15-31-77(122)96-45-79(124)100-66(36-51-13-18-57(108)19-14-51)87(130)106-81(49(8)10-2)88(131)102-62(24-28-71(90)116)69(114)40-55(41-74(93)119)84(127)101-61(67(112)27-32-78(123)99-64(34-47(5)6)68(113)26-30-73(92)118)23-22-58(109)20-21-59(110)37-54(85(128)105-80)35-50-11-16-56(107)17-12-50/h11-14,16-19,46-49,52-55,61-66,80-81,107-108H,9-10,15,20-45H2,1-8H3,(H2,90,116)(H2,91,117)(H2,92,118)(H2,93,119)(H2,94,120)(H2,95,121)(H,96,122)(H,97,125)(H,98,126)(H,99,123)(H,100,124)(H,101,127)(H,102,131)(H,103,132)(H,104,129)(H,105,128)(H,106,130)/t48-,49-,52+,53+,54+,55-,61-,62-,63-,64-,65-,66-,80-,81-/m0/s1. The number of carbonyl (C=O) groups excluding carboxylic acids is 24. The highest BCUT2D eigenvalue weighted by Crippen LogP contribution is 2.25. The zero-order chi connectivity index (χ0) is 99.3. The van der Waals surface area contributed by atoms with Gasteiger partial charge in [-0.2, -0.15) is 0 Å². The molecule has 25 N–H and O–H groups in total. The number of nitrogens with one attached hydrogen (secondary N) is 11. The van der Waals surface area contributed by atoms with Crippen LogP contribution in [-0.4, -0.2) is 219 Å². The summed E-state index contributed by atoms with van der Waals surface area (Å²) in [7, 11) is 0. The third-order valence-corrected chi connectivity index (χ3v) is 22.2. The van der Waals surface area contributed by atoms with Crippen molar-refractivity contribution in [2.45, 2.75) is 271 Å². The van der Waals surface area contributed by atoms with E-state index in [1.807, 2.05) is 0 Å². The van der Waals surface area contributed by atoms with E-state index in [9.17, 15) is 125 Å². The summed E-state index contributed by atoms with van der Waals surface area (Å²) in [5.74, 6) is -31.6. The molecule has 1 saturated heterocycles. The van der Waals surface area contributed by atoms with Crippen molar-refractivity contribution in [1.29, 1.82) is 0 Å². The Kier molecular flexibility index (Phi) is 49.3. The zero-order valence-electron chi connectivity index (χ0n) is 76.0. The minimum Gasteiger partial charge on any atom is -0.508 e. The van der Waals surface area contributed by atoms with Crippen LogP contribution in [0.2, 0.25) is 0 Å². The minimum atomic E-state index is -1.98. The van der Waals surface area contributed by atoms with Crippen molar-refractivity contribution >= 4 is 141 Å². The van der Waals surface area contributed by atoms with Gasteiger partial charge in [0, 0.05) is 120 Å². The number of hydrogen-bond donors (Lipinski definition) is 19. The Morgan fingerprint density at radius 1 is 0.439 bits per heavy atom. The third-order valence-electron chi connectivity index (χ3n) is 22.2. The summed E-state index contributed by atoms with van der Waals surface area (Å²) in [6, 6.07) is -2.67. The van der Waals surface area contributed by atoms with Gasteiger partial charge in [-0.15, -0.1) is 0 Å². The summed E-state index contributed by atoms with van der Waals surface area (Å²) in [6.07, 6.45) is -13.3. The number of benzene rings is 2. The van der Waals surface area contributed by atoms with Crippen LogP contribution < -0.4 is 92.9 Å². The summed E-state index contributed by atoms with van der Waals surface area (Å²) in [5, 5.41) is 47.4. The molecule has 0 bridgehead atoms. The predicted octanol–water partition coefficient (Wildman–Crippen LogP) is -2.53. The fourth-order valence-electron chi connectivity index (χ4n) is 14.4. The van der Waals surface area contributed by atoms with Crippen molar-refractivity contribution in [3.05, 3.63) is 59.7 Å². The van der Waals surface area contributed by atoms with Gasteiger partial charge in [-0.25, -0.2) is 0 Å². The van der Waals surface area contributed by atoms with Crippen molar-refractivity contribution in [2.75, 3.05) is 19.6 Å². The summed E-state index contributed by atoms with van der Waals surface area (Å²) in [6.45, 7) is 11.0. The molecule has 0 radical (unpaired) electrons. The van der Waals surface area contributed by atoms with Gasteiger partial charge < -0.3 is 103 Å². The Balaban J connectivity index is 2.35. The van der Waals surface area contributed by atoms with Gasteiger partial charge in [-0.1, -0.05) is 92.5 Å². The molecule has 0 aromatic heterocycles. The number of phenols is 2. The molecule has 1 fully saturated rings. The maximum Gasteiger partial charge on any atom is 0.243 e. The van der Waals surface area contributed by atoms with Crippen LogP contribution in [0.3, 0.4) is 0 Å². The molecule has 132 heavy (non-hydrogen) atoms. The first-order valence-electron chi connectivity index (χ1n) is 44.1. The Hall–Kier alpha value is -13.3. The first-order chi connectivity index (χ1) is 62.0. The number of phenolic OH excluding ortho intramolecular Hbond substituents is 2. The largest absolute Gasteiger partial charge is 0.508 e. The molecule has 17 amide bonds. The Bertz CT molecular complexity index is 4190. The summed E-state index contributed by atoms with van der Waals surface area (Å²) in [4.78, 5) is 331. The summed E-state index contributed by atoms with van der Waals surface area (Å²) < 4.78 is 0. The number of ketones is 7. The van der Waals surface area contributed by atoms with E-state index in [1.165, 1.54) is 62.4 Å². The molecule has 1 aliphatic rings. The molecule has 43 heteroatoms. The molecule has 2 aromatic rings. The van der Waals surface area contributed by atoms with E-state index in [1.54, 1.807) is 41.5 Å². The van der Waals surface area contributed by atoms with Gasteiger partial charge in [0.15, 0.2) is 28.9 Å². The SMILES string of the molecule is CC[C@H](C)[C@@H]1NC(=O)[C@H](Cc2ccc(O)cc2)CC(=O)CCC(=O)CC[C@@H](C(=O)CCC(=O)N[C@@H](CC(C)C)C(=O)CCC(N)=O)NC(=O)[C@H](CC(N)=O)CC(=O)[C@H](CCC(N)=O)NC(=O)[C@H]([C@@H](C)CC)NC(=O)[C@H](Cc2ccc(O)cc2)NC(=O)CNC(=O)CC[C@@H](C(=O)NCC(=O)C[C@@H](CC(C)C)C(=O)NCC(N)=O)CC(=O)[C@H](CC(N)=O)NC(=O)[C@H](CCC(N)=O)NC1=O. The van der Waals surface area contributed by atoms with Gasteiger partial charge >= 0.3 is 0 Å². The Morgan fingerprint density at radius 3 is 1.48 bits per heavy atom. The van der Waals surface area contributed by atoms with Crippen molar-refractivity contribution in [2.24, 2.45) is 81.7 Å². The lowest BCUT2D eigenvalue weighted by atomic mass is 9.90. The van der Waals surface area contributed by atoms with E-state index in [0.29, 0.717) is 11.1 Å². The molecular formula is C89H131N17O26. The number of primary amides is 6. The quantitative estimate of drug-likeness (QED) is 0.0328. The molecule has 0 saturated carbocycles. The van der Waals surface area contributed by atoms with Gasteiger partial charge in [0.05, 0.1) is 56.1 Å². The molecule has 1 heterocycles. The summed E-state index contributed by atoms with van der Waals surface area (Å²) in [5.41, 5.74) is 33.6. The maximum absolute atomic E-state index is 14.8. The molecule has 2 aromatic carbocycles. The smallest absolute Gasteiger partial charge is 0.243 e. The van der Waals surface area contributed by atoms with Crippen LogP contribution in [-0.2, 0) is 128 Å². The number of amides is 17. The molecule has 0 spiro atoms. The first-order valence-corrected chi connectivity index (χ1v) is 44.1. The fraction of sp³-hybridized carbons (Fsp3) is 0.596. The van der Waals surface area contributed by atoms with E-state index in [4.69, 9.17) is 34.4 Å². The highest BCUT2D eigenvalue weighted by molar-refractivity contribution is 6.02. The monoisotopic (exact) mass is 1850 g/mol. The number of hydrogen-bond acceptors (Lipinski definition) is 26. The lowest BCUT2D eigenvalue weighted by molar-refractivity contribution is -0.137. The number of nitrogens with two attached hydrogens (primary N) is 6. The molecule has 3 rings (SSSR count). The van der Waals surface area contributed by atoms with Crippen LogP contribution in [0.4, 0.5) is 0 Å². The molecule has 43 nitrogen and oxygen atoms in total. The second kappa shape index (κ2) is 57.7. The normalized spacial score (nSPS) is 21.5. The van der Waals surface area contributed by atoms with E-state index < -0.39 is 360 Å². The number of Topliss-reactive ketones (excluding diaryl/α,β-unsaturated/α-hetero) is 7.